The Kier molecular flexibility index (Phi) is 7.44. The molecule has 1 aromatic carbocycles. The van der Waals surface area contributed by atoms with Crippen LogP contribution < -0.4 is 5.56 Å². The maximum absolute atomic E-state index is 13.4. The SMILES string of the molecule is COCCn1c(C)cc(O)c([C@@H](c2ccccc2)N2CCN(CCO)CC2)c1=O. The maximum Gasteiger partial charge on any atom is 0.259 e. The molecule has 0 amide bonds. The van der Waals surface area contributed by atoms with Gasteiger partial charge >= 0.3 is 0 Å². The topological polar surface area (TPSA) is 78.2 Å². The summed E-state index contributed by atoms with van der Waals surface area (Å²) in [5.41, 5.74) is 1.94. The fourth-order valence-corrected chi connectivity index (χ4v) is 4.07. The first kappa shape index (κ1) is 21.5. The van der Waals surface area contributed by atoms with Crippen LogP contribution in [0.2, 0.25) is 0 Å². The van der Waals surface area contributed by atoms with E-state index in [0.29, 0.717) is 31.0 Å². The van der Waals surface area contributed by atoms with Crippen molar-refractivity contribution in [3.8, 4) is 5.75 Å². The number of aryl methyl sites for hydroxylation is 1. The van der Waals surface area contributed by atoms with E-state index in [0.717, 1.165) is 31.7 Å². The second-order valence-corrected chi connectivity index (χ2v) is 7.45. The molecule has 7 nitrogen and oxygen atoms in total. The first-order valence-corrected chi connectivity index (χ1v) is 10.1. The molecule has 3 rings (SSSR count). The van der Waals surface area contributed by atoms with E-state index in [2.05, 4.69) is 9.80 Å². The molecular formula is C22H31N3O4. The van der Waals surface area contributed by atoms with Crippen molar-refractivity contribution in [1.29, 1.82) is 0 Å². The third-order valence-electron chi connectivity index (χ3n) is 5.62. The molecule has 2 heterocycles. The fraction of sp³-hybridized carbons (Fsp3) is 0.500. The van der Waals surface area contributed by atoms with Crippen LogP contribution in [0, 0.1) is 6.92 Å². The van der Waals surface area contributed by atoms with Crippen LogP contribution in [0.4, 0.5) is 0 Å². The lowest BCUT2D eigenvalue weighted by Gasteiger charge is -2.39. The number of hydrogen-bond acceptors (Lipinski definition) is 6. The summed E-state index contributed by atoms with van der Waals surface area (Å²) in [6.07, 6.45) is 0. The number of benzene rings is 1. The molecule has 1 atom stereocenters. The number of rotatable bonds is 8. The first-order chi connectivity index (χ1) is 14.1. The second-order valence-electron chi connectivity index (χ2n) is 7.45. The summed E-state index contributed by atoms with van der Waals surface area (Å²) in [7, 11) is 1.61. The van der Waals surface area contributed by atoms with Crippen LogP contribution in [0.1, 0.15) is 22.9 Å². The van der Waals surface area contributed by atoms with Crippen LogP contribution in [-0.4, -0.2) is 77.6 Å². The number of β-amino-alcohol motifs (C(OH)–C–C–N with tert-alkyl or cyclic N) is 1. The summed E-state index contributed by atoms with van der Waals surface area (Å²) in [6.45, 7) is 6.64. The van der Waals surface area contributed by atoms with E-state index in [-0.39, 0.29) is 24.0 Å². The van der Waals surface area contributed by atoms with Gasteiger partial charge in [-0.05, 0) is 18.6 Å². The Balaban J connectivity index is 2.03. The van der Waals surface area contributed by atoms with Crippen LogP contribution in [0.25, 0.3) is 0 Å². The molecule has 2 aromatic rings. The molecule has 1 aliphatic rings. The Morgan fingerprint density at radius 1 is 1.10 bits per heavy atom. The highest BCUT2D eigenvalue weighted by Crippen LogP contribution is 2.33. The molecule has 158 valence electrons. The zero-order valence-electron chi connectivity index (χ0n) is 17.3. The van der Waals surface area contributed by atoms with Gasteiger partial charge in [0, 0.05) is 52.1 Å². The average Bonchev–Trinajstić information content (AvgIpc) is 2.72. The molecule has 0 saturated carbocycles. The Morgan fingerprint density at radius 3 is 2.41 bits per heavy atom. The third-order valence-corrected chi connectivity index (χ3v) is 5.62. The number of pyridine rings is 1. The van der Waals surface area contributed by atoms with Crippen LogP contribution in [-0.2, 0) is 11.3 Å². The zero-order valence-corrected chi connectivity index (χ0v) is 17.3. The van der Waals surface area contributed by atoms with Gasteiger partial charge in [-0.15, -0.1) is 0 Å². The van der Waals surface area contributed by atoms with E-state index < -0.39 is 0 Å². The Bertz CT molecular complexity index is 845. The number of ether oxygens (including phenoxy) is 1. The number of piperazine rings is 1. The zero-order chi connectivity index (χ0) is 20.8. The number of aliphatic hydroxyl groups is 1. The Hall–Kier alpha value is -2.19. The largest absolute Gasteiger partial charge is 0.507 e. The molecule has 0 unspecified atom stereocenters. The third kappa shape index (κ3) is 4.87. The standard InChI is InChI=1S/C22H31N3O4/c1-17-16-19(27)20(22(28)25(17)13-15-29-2)21(18-6-4-3-5-7-18)24-10-8-23(9-11-24)12-14-26/h3-7,16,21,26-27H,8-15H2,1-2H3/t21-/m1/s1. The summed E-state index contributed by atoms with van der Waals surface area (Å²) < 4.78 is 6.84. The van der Waals surface area contributed by atoms with Gasteiger partial charge in [0.05, 0.1) is 24.8 Å². The lowest BCUT2D eigenvalue weighted by molar-refractivity contribution is 0.0931. The monoisotopic (exact) mass is 401 g/mol. The van der Waals surface area contributed by atoms with Crippen molar-refractivity contribution < 1.29 is 14.9 Å². The molecule has 1 fully saturated rings. The van der Waals surface area contributed by atoms with Crippen LogP contribution in [0.3, 0.4) is 0 Å². The molecular weight excluding hydrogens is 370 g/mol. The minimum absolute atomic E-state index is 0.0350. The van der Waals surface area contributed by atoms with Crippen LogP contribution >= 0.6 is 0 Å². The van der Waals surface area contributed by atoms with E-state index in [1.807, 2.05) is 37.3 Å². The average molecular weight is 402 g/mol. The van der Waals surface area contributed by atoms with Crippen molar-refractivity contribution in [1.82, 2.24) is 14.4 Å². The van der Waals surface area contributed by atoms with Crippen molar-refractivity contribution in [2.45, 2.75) is 19.5 Å². The normalized spacial score (nSPS) is 16.8. The maximum atomic E-state index is 13.4. The van der Waals surface area contributed by atoms with Crippen molar-refractivity contribution in [3.63, 3.8) is 0 Å². The number of aromatic nitrogens is 1. The molecule has 1 saturated heterocycles. The van der Waals surface area contributed by atoms with E-state index in [1.54, 1.807) is 17.7 Å². The number of aliphatic hydroxyl groups excluding tert-OH is 1. The minimum Gasteiger partial charge on any atom is -0.507 e. The van der Waals surface area contributed by atoms with E-state index >= 15 is 0 Å². The Labute approximate surface area is 171 Å². The molecule has 7 heteroatoms. The smallest absolute Gasteiger partial charge is 0.259 e. The van der Waals surface area contributed by atoms with Gasteiger partial charge in [-0.1, -0.05) is 30.3 Å². The Morgan fingerprint density at radius 2 is 1.79 bits per heavy atom. The van der Waals surface area contributed by atoms with E-state index in [4.69, 9.17) is 4.74 Å². The van der Waals surface area contributed by atoms with Crippen molar-refractivity contribution in [2.24, 2.45) is 0 Å². The number of aromatic hydroxyl groups is 1. The first-order valence-electron chi connectivity index (χ1n) is 10.1. The van der Waals surface area contributed by atoms with Gasteiger partial charge in [-0.3, -0.25) is 14.6 Å². The quantitative estimate of drug-likeness (QED) is 0.692. The molecule has 1 aromatic heterocycles. The molecule has 2 N–H and O–H groups in total. The van der Waals surface area contributed by atoms with Gasteiger partial charge in [-0.2, -0.15) is 0 Å². The molecule has 0 aliphatic carbocycles. The van der Waals surface area contributed by atoms with Crippen LogP contribution in [0.5, 0.6) is 5.75 Å². The number of nitrogens with zero attached hydrogens (tertiary/aromatic N) is 3. The van der Waals surface area contributed by atoms with Crippen molar-refractivity contribution in [3.05, 3.63) is 63.6 Å². The van der Waals surface area contributed by atoms with Gasteiger partial charge in [0.15, 0.2) is 0 Å². The predicted molar refractivity (Wildman–Crippen MR) is 112 cm³/mol. The summed E-state index contributed by atoms with van der Waals surface area (Å²) in [5, 5.41) is 20.0. The van der Waals surface area contributed by atoms with Gasteiger partial charge < -0.3 is 19.5 Å². The number of hydrogen-bond donors (Lipinski definition) is 2. The predicted octanol–water partition coefficient (Wildman–Crippen LogP) is 1.21. The summed E-state index contributed by atoms with van der Waals surface area (Å²) in [4.78, 5) is 17.9. The highest BCUT2D eigenvalue weighted by Gasteiger charge is 2.31. The summed E-state index contributed by atoms with van der Waals surface area (Å²) in [6, 6.07) is 11.2. The molecule has 0 bridgehead atoms. The number of methoxy groups -OCH3 is 1. The molecule has 29 heavy (non-hydrogen) atoms. The molecule has 1 aliphatic heterocycles. The van der Waals surface area contributed by atoms with Gasteiger partial charge in [0.2, 0.25) is 0 Å². The summed E-state index contributed by atoms with van der Waals surface area (Å²) in [5.74, 6) is 0.0350. The highest BCUT2D eigenvalue weighted by molar-refractivity contribution is 5.41. The van der Waals surface area contributed by atoms with Gasteiger partial charge in [-0.25, -0.2) is 0 Å². The molecule has 0 spiro atoms. The molecule has 0 radical (unpaired) electrons. The van der Waals surface area contributed by atoms with Gasteiger partial charge in [0.25, 0.3) is 5.56 Å². The lowest BCUT2D eigenvalue weighted by atomic mass is 9.96. The van der Waals surface area contributed by atoms with E-state index in [9.17, 15) is 15.0 Å². The summed E-state index contributed by atoms with van der Waals surface area (Å²) >= 11 is 0. The van der Waals surface area contributed by atoms with E-state index in [1.165, 1.54) is 0 Å². The second kappa shape index (κ2) is 10.0. The van der Waals surface area contributed by atoms with Crippen LogP contribution in [0.15, 0.2) is 41.2 Å². The lowest BCUT2D eigenvalue weighted by Crippen LogP contribution is -2.49. The highest BCUT2D eigenvalue weighted by atomic mass is 16.5. The van der Waals surface area contributed by atoms with Crippen molar-refractivity contribution >= 4 is 0 Å². The fourth-order valence-electron chi connectivity index (χ4n) is 4.07. The van der Waals surface area contributed by atoms with Crippen molar-refractivity contribution in [2.75, 3.05) is 53.0 Å². The minimum atomic E-state index is -0.325. The van der Waals surface area contributed by atoms with Gasteiger partial charge in [0.1, 0.15) is 5.75 Å².